The molecule has 0 fully saturated rings. The first-order valence-electron chi connectivity index (χ1n) is 2.24. The van der Waals surface area contributed by atoms with Gasteiger partial charge in [-0.2, -0.15) is 0 Å². The molecular formula is C4HB2NO2. The Morgan fingerprint density at radius 1 is 1.00 bits per heavy atom. The van der Waals surface area contributed by atoms with Gasteiger partial charge in [0.05, 0.1) is 0 Å². The van der Waals surface area contributed by atoms with E-state index in [1.165, 1.54) is 0 Å². The summed E-state index contributed by atoms with van der Waals surface area (Å²) in [5.74, 6) is -1.23. The van der Waals surface area contributed by atoms with Gasteiger partial charge in [0.25, 0.3) is 0 Å². The highest BCUT2D eigenvalue weighted by Gasteiger charge is 2.21. The molecule has 5 heteroatoms. The summed E-state index contributed by atoms with van der Waals surface area (Å²) in [5.41, 5.74) is -0.389. The number of carbonyl (C=O) groups excluding carboxylic acids is 2. The molecule has 0 aromatic rings. The first-order valence-corrected chi connectivity index (χ1v) is 2.24. The van der Waals surface area contributed by atoms with Crippen LogP contribution in [0.1, 0.15) is 0 Å². The molecule has 0 aromatic carbocycles. The molecule has 3 nitrogen and oxygen atoms in total. The average Bonchev–Trinajstić information content (AvgIpc) is 1.98. The van der Waals surface area contributed by atoms with Crippen molar-refractivity contribution in [1.29, 1.82) is 0 Å². The van der Waals surface area contributed by atoms with Crippen molar-refractivity contribution in [2.75, 3.05) is 0 Å². The number of imide groups is 1. The molecule has 4 radical (unpaired) electrons. The van der Waals surface area contributed by atoms with Gasteiger partial charge in [0.2, 0.25) is 11.8 Å². The number of amides is 2. The van der Waals surface area contributed by atoms with E-state index in [4.69, 9.17) is 15.7 Å². The van der Waals surface area contributed by atoms with Crippen LogP contribution in [0.5, 0.6) is 0 Å². The zero-order valence-corrected chi connectivity index (χ0v) is 4.47. The van der Waals surface area contributed by atoms with Gasteiger partial charge in [-0.25, -0.2) is 0 Å². The van der Waals surface area contributed by atoms with Gasteiger partial charge in [-0.1, -0.05) is 0 Å². The Morgan fingerprint density at radius 3 is 1.44 bits per heavy atom. The predicted molar refractivity (Wildman–Crippen MR) is 31.7 cm³/mol. The monoisotopic (exact) mass is 117 g/mol. The number of hydrogen-bond donors (Lipinski definition) is 1. The lowest BCUT2D eigenvalue weighted by Gasteiger charge is -1.85. The molecule has 0 aliphatic carbocycles. The van der Waals surface area contributed by atoms with Crippen LogP contribution in [0.4, 0.5) is 0 Å². The van der Waals surface area contributed by atoms with Crippen LogP contribution in [0, 0.1) is 0 Å². The fraction of sp³-hybridized carbons (Fsp3) is 0. The summed E-state index contributed by atoms with van der Waals surface area (Å²) >= 11 is 0. The molecule has 1 aliphatic rings. The Morgan fingerprint density at radius 2 is 1.33 bits per heavy atom. The standard InChI is InChI=1S/C4HB2NO2/c5-1-2(6)4(9)7-3(1)8/h(H,7,8,9). The topological polar surface area (TPSA) is 46.2 Å². The first-order chi connectivity index (χ1) is 4.13. The molecule has 0 aromatic heterocycles. The Bertz CT molecular complexity index is 199. The van der Waals surface area contributed by atoms with E-state index < -0.39 is 11.8 Å². The van der Waals surface area contributed by atoms with Crippen molar-refractivity contribution < 1.29 is 9.59 Å². The molecule has 2 amide bonds. The summed E-state index contributed by atoms with van der Waals surface area (Å²) in [7, 11) is 10.1. The van der Waals surface area contributed by atoms with E-state index in [0.29, 0.717) is 0 Å². The smallest absolute Gasteiger partial charge is 0.243 e. The first kappa shape index (κ1) is 6.13. The van der Waals surface area contributed by atoms with Crippen LogP contribution in [0.2, 0.25) is 0 Å². The van der Waals surface area contributed by atoms with Crippen molar-refractivity contribution in [2.24, 2.45) is 0 Å². The summed E-state index contributed by atoms with van der Waals surface area (Å²) in [5, 5.41) is 1.91. The second kappa shape index (κ2) is 1.76. The maximum atomic E-state index is 10.4. The van der Waals surface area contributed by atoms with Crippen LogP contribution in [0.3, 0.4) is 0 Å². The molecule has 0 bridgehead atoms. The van der Waals surface area contributed by atoms with E-state index in [1.54, 1.807) is 0 Å². The second-order valence-corrected chi connectivity index (χ2v) is 1.61. The molecule has 9 heavy (non-hydrogen) atoms. The molecule has 0 saturated heterocycles. The highest BCUT2D eigenvalue weighted by atomic mass is 16.2. The SMILES string of the molecule is [B]C1=C([B])C(=O)NC1=O. The van der Waals surface area contributed by atoms with Gasteiger partial charge >= 0.3 is 0 Å². The van der Waals surface area contributed by atoms with Crippen molar-refractivity contribution in [3.05, 3.63) is 10.9 Å². The summed E-state index contributed by atoms with van der Waals surface area (Å²) in [6.45, 7) is 0. The van der Waals surface area contributed by atoms with Crippen LogP contribution >= 0.6 is 0 Å². The molecule has 1 rings (SSSR count). The van der Waals surface area contributed by atoms with Gasteiger partial charge in [-0.05, 0) is 10.9 Å². The van der Waals surface area contributed by atoms with Crippen molar-refractivity contribution >= 4 is 27.5 Å². The van der Waals surface area contributed by atoms with Crippen molar-refractivity contribution in [3.63, 3.8) is 0 Å². The zero-order valence-electron chi connectivity index (χ0n) is 4.47. The highest BCUT2D eigenvalue weighted by molar-refractivity contribution is 6.53. The maximum Gasteiger partial charge on any atom is 0.243 e. The number of hydrogen-bond acceptors (Lipinski definition) is 2. The quantitative estimate of drug-likeness (QED) is 0.300. The second-order valence-electron chi connectivity index (χ2n) is 1.61. The molecule has 1 N–H and O–H groups in total. The van der Waals surface area contributed by atoms with E-state index in [2.05, 4.69) is 0 Å². The zero-order chi connectivity index (χ0) is 7.02. The van der Waals surface area contributed by atoms with Crippen LogP contribution in [-0.4, -0.2) is 27.5 Å². The van der Waals surface area contributed by atoms with Crippen LogP contribution in [-0.2, 0) is 9.59 Å². The number of carbonyl (C=O) groups is 2. The normalized spacial score (nSPS) is 18.7. The lowest BCUT2D eigenvalue weighted by molar-refractivity contribution is -0.123. The van der Waals surface area contributed by atoms with Gasteiger partial charge < -0.3 is 0 Å². The molecular weight excluding hydrogens is 116 g/mol. The number of rotatable bonds is 0. The van der Waals surface area contributed by atoms with E-state index in [9.17, 15) is 9.59 Å². The van der Waals surface area contributed by atoms with Gasteiger partial charge in [-0.3, -0.25) is 14.9 Å². The minimum atomic E-state index is -0.613. The third-order valence-electron chi connectivity index (χ3n) is 1.01. The minimum absolute atomic E-state index is 0.194. The largest absolute Gasteiger partial charge is 0.290 e. The average molecular weight is 117 g/mol. The summed E-state index contributed by atoms with van der Waals surface area (Å²) < 4.78 is 0. The Kier molecular flexibility index (Phi) is 1.20. The van der Waals surface area contributed by atoms with E-state index in [1.807, 2.05) is 5.32 Å². The van der Waals surface area contributed by atoms with Gasteiger partial charge in [0.1, 0.15) is 15.7 Å². The Balaban J connectivity index is 3.06. The minimum Gasteiger partial charge on any atom is -0.290 e. The third-order valence-corrected chi connectivity index (χ3v) is 1.01. The maximum absolute atomic E-state index is 10.4. The molecule has 0 saturated carbocycles. The molecule has 40 valence electrons. The van der Waals surface area contributed by atoms with Gasteiger partial charge in [0, 0.05) is 0 Å². The van der Waals surface area contributed by atoms with Crippen molar-refractivity contribution in [2.45, 2.75) is 0 Å². The molecule has 1 aliphatic heterocycles. The lowest BCUT2D eigenvalue weighted by atomic mass is 9.82. The van der Waals surface area contributed by atoms with Crippen LogP contribution < -0.4 is 5.32 Å². The van der Waals surface area contributed by atoms with Crippen LogP contribution in [0.15, 0.2) is 10.9 Å². The Hall–Kier alpha value is -0.990. The lowest BCUT2D eigenvalue weighted by Crippen LogP contribution is -2.23. The summed E-state index contributed by atoms with van der Waals surface area (Å²) in [6.07, 6.45) is 0. The van der Waals surface area contributed by atoms with Gasteiger partial charge in [-0.15, -0.1) is 0 Å². The van der Waals surface area contributed by atoms with E-state index in [0.717, 1.165) is 0 Å². The molecule has 0 unspecified atom stereocenters. The fourth-order valence-electron chi connectivity index (χ4n) is 0.482. The summed E-state index contributed by atoms with van der Waals surface area (Å²) in [6, 6.07) is 0. The molecule has 0 spiro atoms. The Labute approximate surface area is 54.3 Å². The van der Waals surface area contributed by atoms with Gasteiger partial charge in [0.15, 0.2) is 0 Å². The molecule has 1 heterocycles. The number of nitrogens with one attached hydrogen (secondary N) is 1. The predicted octanol–water partition coefficient (Wildman–Crippen LogP) is -1.81. The fourth-order valence-corrected chi connectivity index (χ4v) is 0.482. The van der Waals surface area contributed by atoms with Crippen molar-refractivity contribution in [3.8, 4) is 0 Å². The highest BCUT2D eigenvalue weighted by Crippen LogP contribution is 2.03. The third kappa shape index (κ3) is 0.781. The van der Waals surface area contributed by atoms with E-state index in [-0.39, 0.29) is 10.9 Å². The molecule has 0 atom stereocenters. The van der Waals surface area contributed by atoms with E-state index >= 15 is 0 Å². The summed E-state index contributed by atoms with van der Waals surface area (Å²) in [4.78, 5) is 20.8. The van der Waals surface area contributed by atoms with Crippen molar-refractivity contribution in [1.82, 2.24) is 5.32 Å². The van der Waals surface area contributed by atoms with Crippen LogP contribution in [0.25, 0.3) is 0 Å².